The lowest BCUT2D eigenvalue weighted by Crippen LogP contribution is -2.49. The van der Waals surface area contributed by atoms with Crippen molar-refractivity contribution in [1.82, 2.24) is 0 Å². The molecular weight excluding hydrogens is 336 g/mol. The van der Waals surface area contributed by atoms with E-state index in [4.69, 9.17) is 0 Å². The van der Waals surface area contributed by atoms with Crippen LogP contribution in [0.1, 0.15) is 79.6 Å². The van der Waals surface area contributed by atoms with Crippen LogP contribution in [0.4, 0.5) is 0 Å². The molecule has 2 aliphatic rings. The molecule has 3 heteroatoms. The molecule has 6 atom stereocenters. The monoisotopic (exact) mass is 374 g/mol. The van der Waals surface area contributed by atoms with Gasteiger partial charge in [-0.1, -0.05) is 45.4 Å². The van der Waals surface area contributed by atoms with Gasteiger partial charge >= 0.3 is 0 Å². The molecule has 0 spiro atoms. The van der Waals surface area contributed by atoms with Gasteiger partial charge in [-0.2, -0.15) is 0 Å². The van der Waals surface area contributed by atoms with E-state index in [1.54, 1.807) is 6.08 Å². The topological polar surface area (TPSA) is 54.4 Å². The molecule has 152 valence electrons. The molecule has 3 nitrogen and oxygen atoms in total. The number of carbonyl (C=O) groups excluding carboxylic acids is 2. The Morgan fingerprint density at radius 3 is 2.56 bits per heavy atom. The number of rotatable bonds is 8. The van der Waals surface area contributed by atoms with Gasteiger partial charge in [-0.05, 0) is 68.8 Å². The fourth-order valence-corrected chi connectivity index (χ4v) is 6.23. The van der Waals surface area contributed by atoms with Gasteiger partial charge in [0.2, 0.25) is 0 Å². The van der Waals surface area contributed by atoms with Crippen molar-refractivity contribution in [3.63, 3.8) is 0 Å². The second-order valence-corrected chi connectivity index (χ2v) is 9.13. The normalized spacial score (nSPS) is 36.4. The van der Waals surface area contributed by atoms with E-state index in [0.29, 0.717) is 24.5 Å². The van der Waals surface area contributed by atoms with Gasteiger partial charge in [0, 0.05) is 17.8 Å². The van der Waals surface area contributed by atoms with Gasteiger partial charge in [-0.3, -0.25) is 9.59 Å². The minimum Gasteiger partial charge on any atom is -0.393 e. The minimum absolute atomic E-state index is 0.0814. The molecule has 0 radical (unpaired) electrons. The summed E-state index contributed by atoms with van der Waals surface area (Å²) < 4.78 is 0. The van der Waals surface area contributed by atoms with Gasteiger partial charge in [0.05, 0.1) is 6.10 Å². The van der Waals surface area contributed by atoms with E-state index >= 15 is 0 Å². The first-order valence-electron chi connectivity index (χ1n) is 10.8. The number of aliphatic hydroxyl groups excluding tert-OH is 1. The van der Waals surface area contributed by atoms with E-state index in [1.165, 1.54) is 0 Å². The summed E-state index contributed by atoms with van der Waals surface area (Å²) in [4.78, 5) is 23.9. The van der Waals surface area contributed by atoms with Crippen LogP contribution in [-0.2, 0) is 9.59 Å². The molecule has 0 heterocycles. The van der Waals surface area contributed by atoms with Gasteiger partial charge in [0.25, 0.3) is 0 Å². The fourth-order valence-electron chi connectivity index (χ4n) is 6.23. The molecule has 0 amide bonds. The van der Waals surface area contributed by atoms with Crippen LogP contribution in [0.5, 0.6) is 0 Å². The molecule has 0 aromatic rings. The highest BCUT2D eigenvalue weighted by Gasteiger charge is 2.56. The Bertz CT molecular complexity index is 605. The molecule has 0 aromatic carbocycles. The number of aliphatic hydroxyl groups is 1. The Hall–Kier alpha value is -1.22. The maximum atomic E-state index is 12.7. The SMILES string of the molecule is C/C=C\C(C)(/C(=C\C=O)CC)C1CC2CCC(C(=O)CCC)C2(C)CC1O. The van der Waals surface area contributed by atoms with Crippen LogP contribution < -0.4 is 0 Å². The zero-order valence-corrected chi connectivity index (χ0v) is 17.8. The highest BCUT2D eigenvalue weighted by molar-refractivity contribution is 5.82. The molecule has 0 bridgehead atoms. The largest absolute Gasteiger partial charge is 0.393 e. The predicted octanol–water partition coefficient (Wildman–Crippen LogP) is 5.28. The summed E-state index contributed by atoms with van der Waals surface area (Å²) >= 11 is 0. The third-order valence-corrected chi connectivity index (χ3v) is 7.69. The lowest BCUT2D eigenvalue weighted by Gasteiger charge is -2.51. The van der Waals surface area contributed by atoms with E-state index in [1.807, 2.05) is 13.0 Å². The zero-order chi connectivity index (χ0) is 20.2. The van der Waals surface area contributed by atoms with Gasteiger partial charge in [0.1, 0.15) is 12.1 Å². The molecule has 0 aliphatic heterocycles. The Morgan fingerprint density at radius 1 is 1.30 bits per heavy atom. The quantitative estimate of drug-likeness (QED) is 0.357. The van der Waals surface area contributed by atoms with Crippen molar-refractivity contribution in [1.29, 1.82) is 0 Å². The first-order chi connectivity index (χ1) is 12.8. The standard InChI is InChI=1S/C24H38O3/c1-6-9-21(26)19-11-10-18-15-20(22(27)16-24(18,19)5)23(4,13-7-2)17(8-3)12-14-25/h7,12-14,18-20,22,27H,6,8-11,15-16H2,1-5H3/b13-7-,17-12-. The van der Waals surface area contributed by atoms with E-state index in [2.05, 4.69) is 33.8 Å². The van der Waals surface area contributed by atoms with Crippen LogP contribution in [0.3, 0.4) is 0 Å². The van der Waals surface area contributed by atoms with Crippen molar-refractivity contribution in [3.8, 4) is 0 Å². The lowest BCUT2D eigenvalue weighted by molar-refractivity contribution is -0.130. The Morgan fingerprint density at radius 2 is 2.00 bits per heavy atom. The van der Waals surface area contributed by atoms with Crippen molar-refractivity contribution < 1.29 is 14.7 Å². The summed E-state index contributed by atoms with van der Waals surface area (Å²) in [6.07, 6.45) is 12.3. The molecule has 27 heavy (non-hydrogen) atoms. The van der Waals surface area contributed by atoms with Crippen molar-refractivity contribution in [2.45, 2.75) is 85.7 Å². The van der Waals surface area contributed by atoms with Crippen molar-refractivity contribution in [2.24, 2.45) is 28.6 Å². The second-order valence-electron chi connectivity index (χ2n) is 9.13. The summed E-state index contributed by atoms with van der Waals surface area (Å²) in [5.74, 6) is 1.04. The first-order valence-corrected chi connectivity index (χ1v) is 10.8. The number of aldehydes is 1. The first kappa shape index (κ1) is 22.1. The molecular formula is C24H38O3. The molecule has 2 rings (SSSR count). The Kier molecular flexibility index (Phi) is 7.24. The Balaban J connectivity index is 2.34. The summed E-state index contributed by atoms with van der Waals surface area (Å²) in [6, 6.07) is 0. The van der Waals surface area contributed by atoms with Crippen molar-refractivity contribution >= 4 is 12.1 Å². The van der Waals surface area contributed by atoms with Crippen LogP contribution in [0.25, 0.3) is 0 Å². The number of hydrogen-bond donors (Lipinski definition) is 1. The van der Waals surface area contributed by atoms with Crippen LogP contribution in [0.2, 0.25) is 0 Å². The minimum atomic E-state index is -0.455. The smallest absolute Gasteiger partial charge is 0.142 e. The molecule has 2 saturated carbocycles. The molecule has 6 unspecified atom stereocenters. The number of Topliss-reactive ketones (excluding diaryl/α,β-unsaturated/α-hetero) is 1. The number of fused-ring (bicyclic) bond motifs is 1. The highest BCUT2D eigenvalue weighted by atomic mass is 16.3. The molecule has 0 saturated heterocycles. The van der Waals surface area contributed by atoms with E-state index < -0.39 is 6.10 Å². The Labute approximate surface area is 165 Å². The summed E-state index contributed by atoms with van der Waals surface area (Å²) in [7, 11) is 0. The number of ketones is 1. The maximum Gasteiger partial charge on any atom is 0.142 e. The van der Waals surface area contributed by atoms with E-state index in [9.17, 15) is 14.7 Å². The number of hydrogen-bond acceptors (Lipinski definition) is 3. The number of carbonyl (C=O) groups is 2. The average Bonchev–Trinajstić information content (AvgIpc) is 2.94. The van der Waals surface area contributed by atoms with Crippen molar-refractivity contribution in [2.75, 3.05) is 0 Å². The molecule has 2 aliphatic carbocycles. The fraction of sp³-hybridized carbons (Fsp3) is 0.750. The summed E-state index contributed by atoms with van der Waals surface area (Å²) in [5, 5.41) is 11.2. The van der Waals surface area contributed by atoms with Gasteiger partial charge in [-0.25, -0.2) is 0 Å². The molecule has 2 fully saturated rings. The van der Waals surface area contributed by atoms with E-state index in [-0.39, 0.29) is 22.7 Å². The molecule has 0 aromatic heterocycles. The lowest BCUT2D eigenvalue weighted by atomic mass is 9.54. The summed E-state index contributed by atoms with van der Waals surface area (Å²) in [6.45, 7) is 10.5. The zero-order valence-electron chi connectivity index (χ0n) is 17.8. The third kappa shape index (κ3) is 3.99. The molecule has 1 N–H and O–H groups in total. The van der Waals surface area contributed by atoms with Gasteiger partial charge < -0.3 is 5.11 Å². The van der Waals surface area contributed by atoms with Crippen LogP contribution in [0.15, 0.2) is 23.8 Å². The van der Waals surface area contributed by atoms with Crippen LogP contribution in [0, 0.1) is 28.6 Å². The van der Waals surface area contributed by atoms with Crippen LogP contribution in [-0.4, -0.2) is 23.3 Å². The van der Waals surface area contributed by atoms with Gasteiger partial charge in [0.15, 0.2) is 0 Å². The van der Waals surface area contributed by atoms with Crippen LogP contribution >= 0.6 is 0 Å². The van der Waals surface area contributed by atoms with Crippen molar-refractivity contribution in [3.05, 3.63) is 23.8 Å². The van der Waals surface area contributed by atoms with Gasteiger partial charge in [-0.15, -0.1) is 0 Å². The second kappa shape index (κ2) is 8.86. The maximum absolute atomic E-state index is 12.7. The average molecular weight is 375 g/mol. The number of allylic oxidation sites excluding steroid dienone is 4. The summed E-state index contributed by atoms with van der Waals surface area (Å²) in [5.41, 5.74) is 0.677. The predicted molar refractivity (Wildman–Crippen MR) is 110 cm³/mol. The third-order valence-electron chi connectivity index (χ3n) is 7.69. The highest BCUT2D eigenvalue weighted by Crippen LogP contribution is 2.60. The van der Waals surface area contributed by atoms with E-state index in [0.717, 1.165) is 44.0 Å².